The number of anilines is 1. The average molecular weight is 338 g/mol. The molecule has 0 unspecified atom stereocenters. The third kappa shape index (κ3) is 3.63. The molecular formula is C19H22N4O2. The molecule has 0 atom stereocenters. The fourth-order valence-corrected chi connectivity index (χ4v) is 2.95. The number of benzene rings is 1. The van der Waals surface area contributed by atoms with Crippen molar-refractivity contribution in [1.82, 2.24) is 14.5 Å². The molecular weight excluding hydrogens is 316 g/mol. The summed E-state index contributed by atoms with van der Waals surface area (Å²) in [5.41, 5.74) is 7.60. The van der Waals surface area contributed by atoms with E-state index in [1.165, 1.54) is 4.57 Å². The van der Waals surface area contributed by atoms with Gasteiger partial charge in [0.05, 0.1) is 12.1 Å². The molecule has 130 valence electrons. The van der Waals surface area contributed by atoms with Crippen molar-refractivity contribution in [3.8, 4) is 0 Å². The highest BCUT2D eigenvalue weighted by molar-refractivity contribution is 5.84. The van der Waals surface area contributed by atoms with Gasteiger partial charge < -0.3 is 10.7 Å². The summed E-state index contributed by atoms with van der Waals surface area (Å²) in [7, 11) is 0. The van der Waals surface area contributed by atoms with Crippen LogP contribution in [0.25, 0.3) is 11.0 Å². The maximum atomic E-state index is 12.4. The van der Waals surface area contributed by atoms with Crippen molar-refractivity contribution >= 4 is 16.9 Å². The molecule has 1 aromatic carbocycles. The Morgan fingerprint density at radius 3 is 2.64 bits per heavy atom. The van der Waals surface area contributed by atoms with Crippen LogP contribution in [0.5, 0.6) is 0 Å². The minimum atomic E-state index is -0.685. The molecule has 0 amide bonds. The van der Waals surface area contributed by atoms with Gasteiger partial charge in [0.2, 0.25) is 0 Å². The van der Waals surface area contributed by atoms with Crippen LogP contribution in [0.1, 0.15) is 37.4 Å². The smallest absolute Gasteiger partial charge is 0.317 e. The molecule has 0 radical (unpaired) electrons. The first-order chi connectivity index (χ1) is 12.1. The number of pyridine rings is 1. The van der Waals surface area contributed by atoms with Crippen molar-refractivity contribution < 1.29 is 0 Å². The van der Waals surface area contributed by atoms with Gasteiger partial charge in [0.15, 0.2) is 0 Å². The maximum absolute atomic E-state index is 12.4. The van der Waals surface area contributed by atoms with Crippen LogP contribution < -0.4 is 16.9 Å². The summed E-state index contributed by atoms with van der Waals surface area (Å²) >= 11 is 0. The predicted octanol–water partition coefficient (Wildman–Crippen LogP) is 2.45. The van der Waals surface area contributed by atoms with Crippen LogP contribution in [-0.2, 0) is 13.0 Å². The third-order valence-corrected chi connectivity index (χ3v) is 4.27. The number of nitrogen functional groups attached to an aromatic ring is 1. The summed E-state index contributed by atoms with van der Waals surface area (Å²) in [6, 6.07) is 11.4. The monoisotopic (exact) mass is 338 g/mol. The Balaban J connectivity index is 2.14. The van der Waals surface area contributed by atoms with Gasteiger partial charge in [-0.2, -0.15) is 0 Å². The van der Waals surface area contributed by atoms with E-state index in [0.717, 1.165) is 36.9 Å². The van der Waals surface area contributed by atoms with E-state index in [1.807, 2.05) is 36.4 Å². The normalized spacial score (nSPS) is 11.1. The number of nitrogens with zero attached hydrogens (tertiary/aromatic N) is 2. The number of fused-ring (bicyclic) bond motifs is 1. The largest absolute Gasteiger partial charge is 0.382 e. The number of aryl methyl sites for hydroxylation is 1. The lowest BCUT2D eigenvalue weighted by molar-refractivity contribution is 0.707. The number of aromatic amines is 1. The van der Waals surface area contributed by atoms with Crippen LogP contribution in [-0.4, -0.2) is 14.5 Å². The molecule has 3 rings (SSSR count). The van der Waals surface area contributed by atoms with E-state index < -0.39 is 11.1 Å². The van der Waals surface area contributed by atoms with Crippen LogP contribution in [0.2, 0.25) is 0 Å². The highest BCUT2D eigenvalue weighted by Gasteiger charge is 2.12. The van der Waals surface area contributed by atoms with E-state index in [-0.39, 0.29) is 5.82 Å². The van der Waals surface area contributed by atoms with Crippen LogP contribution in [0.4, 0.5) is 5.82 Å². The van der Waals surface area contributed by atoms with Gasteiger partial charge in [-0.05, 0) is 24.5 Å². The number of rotatable bonds is 6. The molecule has 0 spiro atoms. The molecule has 0 aliphatic carbocycles. The van der Waals surface area contributed by atoms with Crippen molar-refractivity contribution in [2.45, 2.75) is 39.2 Å². The van der Waals surface area contributed by atoms with Crippen molar-refractivity contribution in [2.24, 2.45) is 0 Å². The Morgan fingerprint density at radius 2 is 1.92 bits per heavy atom. The van der Waals surface area contributed by atoms with Crippen LogP contribution in [0.3, 0.4) is 0 Å². The van der Waals surface area contributed by atoms with Gasteiger partial charge in [-0.25, -0.2) is 4.98 Å². The Hall–Kier alpha value is -2.89. The third-order valence-electron chi connectivity index (χ3n) is 4.27. The van der Waals surface area contributed by atoms with E-state index in [0.29, 0.717) is 17.6 Å². The van der Waals surface area contributed by atoms with Crippen molar-refractivity contribution in [2.75, 3.05) is 5.73 Å². The van der Waals surface area contributed by atoms with Gasteiger partial charge in [-0.1, -0.05) is 50.1 Å². The molecule has 0 saturated carbocycles. The standard InChI is InChI=1S/C19H22N4O2/c1-2-3-5-10-14-11-15-16(17(20)21-14)22-18(24)19(25)23(15)12-13-8-6-4-7-9-13/h4,6-9,11H,2-3,5,10,12H2,1H3,(H2,20,21)(H,22,24). The van der Waals surface area contributed by atoms with Gasteiger partial charge in [-0.3, -0.25) is 14.2 Å². The molecule has 6 heteroatoms. The molecule has 0 aliphatic rings. The lowest BCUT2D eigenvalue weighted by Crippen LogP contribution is -2.37. The van der Waals surface area contributed by atoms with E-state index in [2.05, 4.69) is 16.9 Å². The van der Waals surface area contributed by atoms with Gasteiger partial charge in [0, 0.05) is 5.69 Å². The number of nitrogens with two attached hydrogens (primary N) is 1. The van der Waals surface area contributed by atoms with E-state index in [1.54, 1.807) is 0 Å². The molecule has 25 heavy (non-hydrogen) atoms. The molecule has 0 bridgehead atoms. The van der Waals surface area contributed by atoms with Crippen LogP contribution >= 0.6 is 0 Å². The number of unbranched alkanes of at least 4 members (excludes halogenated alkanes) is 2. The number of hydrogen-bond acceptors (Lipinski definition) is 4. The van der Waals surface area contributed by atoms with Crippen LogP contribution in [0.15, 0.2) is 46.0 Å². The van der Waals surface area contributed by atoms with Crippen molar-refractivity contribution in [1.29, 1.82) is 0 Å². The quantitative estimate of drug-likeness (QED) is 0.533. The van der Waals surface area contributed by atoms with Gasteiger partial charge in [0.1, 0.15) is 11.3 Å². The predicted molar refractivity (Wildman–Crippen MR) is 99.8 cm³/mol. The molecule has 2 heterocycles. The summed E-state index contributed by atoms with van der Waals surface area (Å²) in [4.78, 5) is 31.4. The first-order valence-corrected chi connectivity index (χ1v) is 8.56. The van der Waals surface area contributed by atoms with Crippen LogP contribution in [0, 0.1) is 0 Å². The second kappa shape index (κ2) is 7.34. The Morgan fingerprint density at radius 1 is 1.16 bits per heavy atom. The second-order valence-corrected chi connectivity index (χ2v) is 6.18. The highest BCUT2D eigenvalue weighted by atomic mass is 16.2. The number of nitrogens with one attached hydrogen (secondary N) is 1. The van der Waals surface area contributed by atoms with Gasteiger partial charge in [-0.15, -0.1) is 0 Å². The molecule has 2 aromatic heterocycles. The lowest BCUT2D eigenvalue weighted by atomic mass is 10.1. The minimum absolute atomic E-state index is 0.253. The van der Waals surface area contributed by atoms with E-state index in [9.17, 15) is 9.59 Å². The topological polar surface area (TPSA) is 93.8 Å². The molecule has 3 N–H and O–H groups in total. The van der Waals surface area contributed by atoms with Crippen molar-refractivity contribution in [3.63, 3.8) is 0 Å². The zero-order valence-corrected chi connectivity index (χ0v) is 14.3. The molecule has 0 saturated heterocycles. The highest BCUT2D eigenvalue weighted by Crippen LogP contribution is 2.18. The number of hydrogen-bond donors (Lipinski definition) is 2. The summed E-state index contributed by atoms with van der Waals surface area (Å²) in [6.45, 7) is 2.46. The van der Waals surface area contributed by atoms with Crippen molar-refractivity contribution in [3.05, 3.63) is 68.4 Å². The van der Waals surface area contributed by atoms with E-state index in [4.69, 9.17) is 5.73 Å². The molecule has 3 aromatic rings. The Labute approximate surface area is 145 Å². The number of aromatic nitrogens is 3. The first-order valence-electron chi connectivity index (χ1n) is 8.56. The van der Waals surface area contributed by atoms with E-state index >= 15 is 0 Å². The SMILES string of the molecule is CCCCCc1cc2c([nH]c(=O)c(=O)n2Cc2ccccc2)c(N)n1. The average Bonchev–Trinajstić information content (AvgIpc) is 2.61. The second-order valence-electron chi connectivity index (χ2n) is 6.18. The lowest BCUT2D eigenvalue weighted by Gasteiger charge is -2.12. The summed E-state index contributed by atoms with van der Waals surface area (Å²) in [6.07, 6.45) is 4.05. The Kier molecular flexibility index (Phi) is 4.97. The summed E-state index contributed by atoms with van der Waals surface area (Å²) in [5, 5.41) is 0. The first kappa shape index (κ1) is 17.0. The zero-order valence-electron chi connectivity index (χ0n) is 14.3. The molecule has 6 nitrogen and oxygen atoms in total. The number of H-pyrrole nitrogens is 1. The maximum Gasteiger partial charge on any atom is 0.317 e. The van der Waals surface area contributed by atoms with Gasteiger partial charge in [0.25, 0.3) is 0 Å². The molecule has 0 aliphatic heterocycles. The fraction of sp³-hybridized carbons (Fsp3) is 0.316. The summed E-state index contributed by atoms with van der Waals surface area (Å²) in [5.74, 6) is 0.253. The molecule has 0 fully saturated rings. The Bertz CT molecular complexity index is 990. The summed E-state index contributed by atoms with van der Waals surface area (Å²) < 4.78 is 1.48. The van der Waals surface area contributed by atoms with Gasteiger partial charge >= 0.3 is 11.1 Å². The fourth-order valence-electron chi connectivity index (χ4n) is 2.95. The zero-order chi connectivity index (χ0) is 17.8. The minimum Gasteiger partial charge on any atom is -0.382 e.